The maximum absolute atomic E-state index is 13.9. The maximum Gasteiger partial charge on any atom is 0.249 e. The van der Waals surface area contributed by atoms with Crippen LogP contribution in [0.3, 0.4) is 0 Å². The van der Waals surface area contributed by atoms with E-state index in [1.165, 1.54) is 6.07 Å². The van der Waals surface area contributed by atoms with Gasteiger partial charge in [-0.3, -0.25) is 15.2 Å². The average molecular weight is 404 g/mol. The summed E-state index contributed by atoms with van der Waals surface area (Å²) in [6.45, 7) is 3.26. The number of rotatable bonds is 6. The Balaban J connectivity index is 1.70. The molecule has 0 aliphatic heterocycles. The van der Waals surface area contributed by atoms with Crippen LogP contribution in [0.25, 0.3) is 11.4 Å². The highest BCUT2D eigenvalue weighted by Gasteiger charge is 2.31. The standard InChI is InChI=1S/C19H18F2N4O2S/c1-19(2,28-15-9-6-12(20)10-14(15)21)17(26)23-18-22-16(24-25-18)11-4-7-13(27-3)8-5-11/h4-10H,1-3H3,(H2,22,23,24,25,26). The Morgan fingerprint density at radius 2 is 1.89 bits per heavy atom. The van der Waals surface area contributed by atoms with Crippen LogP contribution in [-0.2, 0) is 4.79 Å². The van der Waals surface area contributed by atoms with E-state index >= 15 is 0 Å². The van der Waals surface area contributed by atoms with Crippen molar-refractivity contribution in [3.63, 3.8) is 0 Å². The van der Waals surface area contributed by atoms with Crippen LogP contribution in [0.5, 0.6) is 5.75 Å². The number of aromatic amines is 1. The highest BCUT2D eigenvalue weighted by molar-refractivity contribution is 8.01. The van der Waals surface area contributed by atoms with Gasteiger partial charge < -0.3 is 4.74 Å². The minimum Gasteiger partial charge on any atom is -0.497 e. The third-order valence-corrected chi connectivity index (χ3v) is 5.13. The number of nitrogens with one attached hydrogen (secondary N) is 2. The Labute approximate surface area is 164 Å². The Kier molecular flexibility index (Phi) is 5.64. The lowest BCUT2D eigenvalue weighted by Crippen LogP contribution is -2.34. The van der Waals surface area contributed by atoms with Crippen molar-refractivity contribution < 1.29 is 18.3 Å². The first-order valence-electron chi connectivity index (χ1n) is 8.31. The Bertz CT molecular complexity index is 990. The van der Waals surface area contributed by atoms with Gasteiger partial charge in [0.25, 0.3) is 0 Å². The second-order valence-corrected chi connectivity index (χ2v) is 8.04. The number of carbonyl (C=O) groups is 1. The molecule has 0 bridgehead atoms. The van der Waals surface area contributed by atoms with Gasteiger partial charge in [0, 0.05) is 16.5 Å². The van der Waals surface area contributed by atoms with Crippen molar-refractivity contribution in [1.29, 1.82) is 0 Å². The van der Waals surface area contributed by atoms with Gasteiger partial charge in [0.15, 0.2) is 5.82 Å². The van der Waals surface area contributed by atoms with Crippen LogP contribution in [0.4, 0.5) is 14.7 Å². The van der Waals surface area contributed by atoms with Crippen LogP contribution in [0.1, 0.15) is 13.8 Å². The smallest absolute Gasteiger partial charge is 0.249 e. The van der Waals surface area contributed by atoms with Crippen molar-refractivity contribution in [2.24, 2.45) is 0 Å². The number of hydrogen-bond donors (Lipinski definition) is 2. The molecule has 0 atom stereocenters. The topological polar surface area (TPSA) is 79.9 Å². The van der Waals surface area contributed by atoms with E-state index in [2.05, 4.69) is 20.5 Å². The Morgan fingerprint density at radius 1 is 1.18 bits per heavy atom. The molecule has 3 rings (SSSR count). The van der Waals surface area contributed by atoms with Crippen LogP contribution < -0.4 is 10.1 Å². The fourth-order valence-corrected chi connectivity index (χ4v) is 3.31. The summed E-state index contributed by atoms with van der Waals surface area (Å²) in [6.07, 6.45) is 0. The van der Waals surface area contributed by atoms with Gasteiger partial charge >= 0.3 is 0 Å². The number of nitrogens with zero attached hydrogens (tertiary/aromatic N) is 2. The van der Waals surface area contributed by atoms with Crippen molar-refractivity contribution in [2.75, 3.05) is 12.4 Å². The molecular formula is C19H18F2N4O2S. The molecule has 28 heavy (non-hydrogen) atoms. The van der Waals surface area contributed by atoms with E-state index in [9.17, 15) is 13.6 Å². The largest absolute Gasteiger partial charge is 0.497 e. The fraction of sp³-hybridized carbons (Fsp3) is 0.211. The summed E-state index contributed by atoms with van der Waals surface area (Å²) in [7, 11) is 1.58. The molecule has 2 aromatic carbocycles. The number of thioether (sulfide) groups is 1. The number of methoxy groups -OCH3 is 1. The van der Waals surface area contributed by atoms with Crippen molar-refractivity contribution >= 4 is 23.6 Å². The van der Waals surface area contributed by atoms with Crippen LogP contribution in [0.15, 0.2) is 47.4 Å². The van der Waals surface area contributed by atoms with Crippen molar-refractivity contribution in [2.45, 2.75) is 23.5 Å². The van der Waals surface area contributed by atoms with Crippen LogP contribution in [0, 0.1) is 11.6 Å². The van der Waals surface area contributed by atoms with Crippen LogP contribution in [0.2, 0.25) is 0 Å². The highest BCUT2D eigenvalue weighted by atomic mass is 32.2. The average Bonchev–Trinajstić information content (AvgIpc) is 3.12. The zero-order valence-corrected chi connectivity index (χ0v) is 16.2. The summed E-state index contributed by atoms with van der Waals surface area (Å²) in [5, 5.41) is 9.36. The highest BCUT2D eigenvalue weighted by Crippen LogP contribution is 2.35. The number of carbonyl (C=O) groups excluding carboxylic acids is 1. The summed E-state index contributed by atoms with van der Waals surface area (Å²) in [4.78, 5) is 17.0. The van der Waals surface area contributed by atoms with E-state index in [0.717, 1.165) is 29.5 Å². The SMILES string of the molecule is COc1ccc(-c2nc(NC(=O)C(C)(C)Sc3ccc(F)cc3F)n[nH]2)cc1. The molecule has 0 saturated carbocycles. The van der Waals surface area contributed by atoms with Crippen molar-refractivity contribution in [1.82, 2.24) is 15.2 Å². The molecule has 146 valence electrons. The number of H-pyrrole nitrogens is 1. The zero-order valence-electron chi connectivity index (χ0n) is 15.4. The molecule has 9 heteroatoms. The first-order valence-corrected chi connectivity index (χ1v) is 9.12. The Hall–Kier alpha value is -2.94. The minimum atomic E-state index is -1.04. The molecule has 6 nitrogen and oxygen atoms in total. The second kappa shape index (κ2) is 7.97. The normalized spacial score (nSPS) is 11.3. The molecule has 1 amide bonds. The van der Waals surface area contributed by atoms with E-state index in [0.29, 0.717) is 11.6 Å². The zero-order chi connectivity index (χ0) is 20.3. The maximum atomic E-state index is 13.9. The van der Waals surface area contributed by atoms with E-state index in [1.54, 1.807) is 33.1 Å². The number of ether oxygens (including phenoxy) is 1. The second-order valence-electron chi connectivity index (χ2n) is 6.38. The summed E-state index contributed by atoms with van der Waals surface area (Å²) < 4.78 is 31.0. The van der Waals surface area contributed by atoms with Crippen molar-refractivity contribution in [3.05, 3.63) is 54.1 Å². The number of benzene rings is 2. The number of aromatic nitrogens is 3. The molecule has 3 aromatic rings. The lowest BCUT2D eigenvalue weighted by atomic mass is 10.2. The van der Waals surface area contributed by atoms with Gasteiger partial charge in [-0.15, -0.1) is 16.9 Å². The van der Waals surface area contributed by atoms with Gasteiger partial charge in [0.05, 0.1) is 11.9 Å². The number of hydrogen-bond acceptors (Lipinski definition) is 5. The number of amides is 1. The predicted molar refractivity (Wildman–Crippen MR) is 103 cm³/mol. The monoisotopic (exact) mass is 404 g/mol. The van der Waals surface area contributed by atoms with Gasteiger partial charge in [-0.25, -0.2) is 8.78 Å². The molecule has 0 aliphatic carbocycles. The van der Waals surface area contributed by atoms with Gasteiger partial charge in [0.1, 0.15) is 17.4 Å². The molecule has 1 aromatic heterocycles. The lowest BCUT2D eigenvalue weighted by Gasteiger charge is -2.22. The summed E-state index contributed by atoms with van der Waals surface area (Å²) >= 11 is 0.982. The fourth-order valence-electron chi connectivity index (χ4n) is 2.33. The third-order valence-electron chi connectivity index (χ3n) is 3.88. The molecule has 0 aliphatic rings. The van der Waals surface area contributed by atoms with Crippen LogP contribution >= 0.6 is 11.8 Å². The molecule has 0 saturated heterocycles. The molecule has 0 unspecified atom stereocenters. The first kappa shape index (κ1) is 19.8. The first-order chi connectivity index (χ1) is 13.3. The molecular weight excluding hydrogens is 386 g/mol. The van der Waals surface area contributed by atoms with E-state index in [-0.39, 0.29) is 10.8 Å². The molecule has 0 radical (unpaired) electrons. The molecule has 1 heterocycles. The molecule has 0 spiro atoms. The van der Waals surface area contributed by atoms with Gasteiger partial charge in [-0.05, 0) is 50.2 Å². The van der Waals surface area contributed by atoms with E-state index in [4.69, 9.17) is 4.74 Å². The number of halogens is 2. The summed E-state index contributed by atoms with van der Waals surface area (Å²) in [6, 6.07) is 10.4. The summed E-state index contributed by atoms with van der Waals surface area (Å²) in [5.74, 6) is -0.511. The van der Waals surface area contributed by atoms with Crippen LogP contribution in [-0.4, -0.2) is 32.9 Å². The number of anilines is 1. The lowest BCUT2D eigenvalue weighted by molar-refractivity contribution is -0.117. The molecule has 2 N–H and O–H groups in total. The minimum absolute atomic E-state index is 0.101. The van der Waals surface area contributed by atoms with Crippen molar-refractivity contribution in [3.8, 4) is 17.1 Å². The van der Waals surface area contributed by atoms with Gasteiger partial charge in [0.2, 0.25) is 11.9 Å². The van der Waals surface area contributed by atoms with E-state index in [1.807, 2.05) is 12.1 Å². The third kappa shape index (κ3) is 4.48. The quantitative estimate of drug-likeness (QED) is 0.600. The Morgan fingerprint density at radius 3 is 2.54 bits per heavy atom. The van der Waals surface area contributed by atoms with E-state index < -0.39 is 22.3 Å². The van der Waals surface area contributed by atoms with Gasteiger partial charge in [-0.2, -0.15) is 4.98 Å². The summed E-state index contributed by atoms with van der Waals surface area (Å²) in [5.41, 5.74) is 0.774. The predicted octanol–water partition coefficient (Wildman–Crippen LogP) is 4.27. The van der Waals surface area contributed by atoms with Gasteiger partial charge in [-0.1, -0.05) is 0 Å². The molecule has 0 fully saturated rings.